The maximum Gasteiger partial charge on any atom is 0.239 e. The summed E-state index contributed by atoms with van der Waals surface area (Å²) in [5, 5.41) is 0. The van der Waals surface area contributed by atoms with Crippen LogP contribution < -0.4 is 5.73 Å². The maximum absolute atomic E-state index is 11.7. The van der Waals surface area contributed by atoms with Crippen LogP contribution in [0.4, 0.5) is 0 Å². The standard InChI is InChI=1S/C9H19N3O/c1-3-11-6-7-12(5-4-10)8(2)9(11)13/h8H,3-7,10H2,1-2H3. The highest BCUT2D eigenvalue weighted by atomic mass is 16.2. The molecule has 1 atom stereocenters. The van der Waals surface area contributed by atoms with Crippen molar-refractivity contribution >= 4 is 5.91 Å². The summed E-state index contributed by atoms with van der Waals surface area (Å²) in [5.41, 5.74) is 5.47. The van der Waals surface area contributed by atoms with Crippen LogP contribution in [0.1, 0.15) is 13.8 Å². The Labute approximate surface area is 79.7 Å². The number of piperazine rings is 1. The molecule has 0 aromatic rings. The molecule has 0 saturated carbocycles. The molecular formula is C9H19N3O. The molecule has 1 aliphatic heterocycles. The van der Waals surface area contributed by atoms with Gasteiger partial charge in [-0.3, -0.25) is 9.69 Å². The predicted molar refractivity (Wildman–Crippen MR) is 52.3 cm³/mol. The van der Waals surface area contributed by atoms with Gasteiger partial charge in [0.1, 0.15) is 0 Å². The number of hydrogen-bond acceptors (Lipinski definition) is 3. The third kappa shape index (κ3) is 2.19. The molecule has 1 heterocycles. The van der Waals surface area contributed by atoms with Crippen LogP contribution in [0.5, 0.6) is 0 Å². The molecule has 1 fully saturated rings. The first-order valence-electron chi connectivity index (χ1n) is 4.93. The number of rotatable bonds is 3. The van der Waals surface area contributed by atoms with Crippen LogP contribution in [-0.2, 0) is 4.79 Å². The minimum Gasteiger partial charge on any atom is -0.340 e. The lowest BCUT2D eigenvalue weighted by atomic mass is 10.2. The Bertz CT molecular complexity index is 184. The van der Waals surface area contributed by atoms with E-state index in [0.29, 0.717) is 6.54 Å². The molecule has 1 unspecified atom stereocenters. The smallest absolute Gasteiger partial charge is 0.239 e. The highest BCUT2D eigenvalue weighted by molar-refractivity contribution is 5.82. The van der Waals surface area contributed by atoms with Crippen LogP contribution in [-0.4, -0.2) is 54.5 Å². The number of nitrogens with two attached hydrogens (primary N) is 1. The molecule has 0 bridgehead atoms. The summed E-state index contributed by atoms with van der Waals surface area (Å²) in [7, 11) is 0. The summed E-state index contributed by atoms with van der Waals surface area (Å²) in [6.07, 6.45) is 0. The van der Waals surface area contributed by atoms with Crippen molar-refractivity contribution in [3.8, 4) is 0 Å². The molecule has 0 spiro atoms. The average Bonchev–Trinajstić information content (AvgIpc) is 2.14. The van der Waals surface area contributed by atoms with E-state index in [1.807, 2.05) is 18.7 Å². The molecule has 2 N–H and O–H groups in total. The fourth-order valence-corrected chi connectivity index (χ4v) is 1.76. The zero-order valence-corrected chi connectivity index (χ0v) is 8.49. The second-order valence-electron chi connectivity index (χ2n) is 3.42. The molecule has 0 aliphatic carbocycles. The quantitative estimate of drug-likeness (QED) is 0.645. The van der Waals surface area contributed by atoms with Crippen LogP contribution in [0.2, 0.25) is 0 Å². The first kappa shape index (κ1) is 10.5. The monoisotopic (exact) mass is 185 g/mol. The van der Waals surface area contributed by atoms with Crippen LogP contribution in [0.3, 0.4) is 0 Å². The van der Waals surface area contributed by atoms with Crippen molar-refractivity contribution in [2.75, 3.05) is 32.7 Å². The van der Waals surface area contributed by atoms with Crippen molar-refractivity contribution in [1.29, 1.82) is 0 Å². The SMILES string of the molecule is CCN1CCN(CCN)C(C)C1=O. The minimum atomic E-state index is 0.0113. The van der Waals surface area contributed by atoms with Gasteiger partial charge in [-0.25, -0.2) is 0 Å². The first-order valence-corrected chi connectivity index (χ1v) is 4.93. The Hall–Kier alpha value is -0.610. The van der Waals surface area contributed by atoms with Crippen molar-refractivity contribution in [2.45, 2.75) is 19.9 Å². The van der Waals surface area contributed by atoms with Gasteiger partial charge in [-0.05, 0) is 13.8 Å². The van der Waals surface area contributed by atoms with Gasteiger partial charge in [0.15, 0.2) is 0 Å². The molecule has 0 aromatic heterocycles. The highest BCUT2D eigenvalue weighted by Crippen LogP contribution is 2.09. The predicted octanol–water partition coefficient (Wildman–Crippen LogP) is -0.502. The number of carbonyl (C=O) groups is 1. The summed E-state index contributed by atoms with van der Waals surface area (Å²) in [6, 6.07) is 0.0113. The van der Waals surface area contributed by atoms with E-state index in [1.54, 1.807) is 0 Å². The topological polar surface area (TPSA) is 49.6 Å². The van der Waals surface area contributed by atoms with E-state index in [2.05, 4.69) is 4.90 Å². The zero-order valence-electron chi connectivity index (χ0n) is 8.49. The fraction of sp³-hybridized carbons (Fsp3) is 0.889. The number of amides is 1. The molecule has 1 aliphatic rings. The van der Waals surface area contributed by atoms with Crippen LogP contribution >= 0.6 is 0 Å². The van der Waals surface area contributed by atoms with Crippen molar-refractivity contribution in [1.82, 2.24) is 9.80 Å². The summed E-state index contributed by atoms with van der Waals surface area (Å²) in [6.45, 7) is 8.05. The molecule has 1 rings (SSSR count). The average molecular weight is 185 g/mol. The Balaban J connectivity index is 2.54. The molecule has 13 heavy (non-hydrogen) atoms. The summed E-state index contributed by atoms with van der Waals surface area (Å²) in [4.78, 5) is 15.7. The summed E-state index contributed by atoms with van der Waals surface area (Å²) in [5.74, 6) is 0.238. The van der Waals surface area contributed by atoms with Gasteiger partial charge >= 0.3 is 0 Å². The van der Waals surface area contributed by atoms with Crippen molar-refractivity contribution in [2.24, 2.45) is 5.73 Å². The van der Waals surface area contributed by atoms with Gasteiger partial charge in [0.2, 0.25) is 5.91 Å². The Morgan fingerprint density at radius 3 is 2.77 bits per heavy atom. The Kier molecular flexibility index (Phi) is 3.69. The van der Waals surface area contributed by atoms with E-state index < -0.39 is 0 Å². The number of likely N-dealkylation sites (N-methyl/N-ethyl adjacent to an activating group) is 1. The molecule has 4 heteroatoms. The van der Waals surface area contributed by atoms with Crippen LogP contribution in [0.25, 0.3) is 0 Å². The summed E-state index contributed by atoms with van der Waals surface area (Å²) >= 11 is 0. The van der Waals surface area contributed by atoms with E-state index in [9.17, 15) is 4.79 Å². The Morgan fingerprint density at radius 1 is 1.54 bits per heavy atom. The zero-order chi connectivity index (χ0) is 9.84. The van der Waals surface area contributed by atoms with E-state index in [0.717, 1.165) is 26.2 Å². The largest absolute Gasteiger partial charge is 0.340 e. The molecule has 1 saturated heterocycles. The lowest BCUT2D eigenvalue weighted by molar-refractivity contribution is -0.140. The lowest BCUT2D eigenvalue weighted by Crippen LogP contribution is -2.56. The van der Waals surface area contributed by atoms with Crippen LogP contribution in [0.15, 0.2) is 0 Å². The van der Waals surface area contributed by atoms with Gasteiger partial charge in [-0.15, -0.1) is 0 Å². The molecule has 1 amide bonds. The molecule has 0 aromatic carbocycles. The van der Waals surface area contributed by atoms with Crippen molar-refractivity contribution in [3.63, 3.8) is 0 Å². The number of hydrogen-bond donors (Lipinski definition) is 1. The molecule has 76 valence electrons. The number of nitrogens with zero attached hydrogens (tertiary/aromatic N) is 2. The highest BCUT2D eigenvalue weighted by Gasteiger charge is 2.29. The lowest BCUT2D eigenvalue weighted by Gasteiger charge is -2.38. The molecule has 4 nitrogen and oxygen atoms in total. The van der Waals surface area contributed by atoms with Gasteiger partial charge in [0, 0.05) is 32.7 Å². The van der Waals surface area contributed by atoms with E-state index in [4.69, 9.17) is 5.73 Å². The van der Waals surface area contributed by atoms with Gasteiger partial charge < -0.3 is 10.6 Å². The van der Waals surface area contributed by atoms with Gasteiger partial charge in [0.05, 0.1) is 6.04 Å². The van der Waals surface area contributed by atoms with Gasteiger partial charge in [-0.1, -0.05) is 0 Å². The fourth-order valence-electron chi connectivity index (χ4n) is 1.76. The first-order chi connectivity index (χ1) is 6.20. The maximum atomic E-state index is 11.7. The van der Waals surface area contributed by atoms with Crippen molar-refractivity contribution in [3.05, 3.63) is 0 Å². The van der Waals surface area contributed by atoms with Crippen LogP contribution in [0, 0.1) is 0 Å². The molecular weight excluding hydrogens is 166 g/mol. The summed E-state index contributed by atoms with van der Waals surface area (Å²) < 4.78 is 0. The van der Waals surface area contributed by atoms with E-state index in [1.165, 1.54) is 0 Å². The third-order valence-corrected chi connectivity index (χ3v) is 2.67. The minimum absolute atomic E-state index is 0.0113. The third-order valence-electron chi connectivity index (χ3n) is 2.67. The van der Waals surface area contributed by atoms with Crippen molar-refractivity contribution < 1.29 is 4.79 Å². The normalized spacial score (nSPS) is 25.3. The Morgan fingerprint density at radius 2 is 2.23 bits per heavy atom. The van der Waals surface area contributed by atoms with Gasteiger partial charge in [0.25, 0.3) is 0 Å². The van der Waals surface area contributed by atoms with E-state index in [-0.39, 0.29) is 11.9 Å². The number of carbonyl (C=O) groups excluding carboxylic acids is 1. The van der Waals surface area contributed by atoms with E-state index >= 15 is 0 Å². The molecule has 0 radical (unpaired) electrons. The second kappa shape index (κ2) is 4.58. The second-order valence-corrected chi connectivity index (χ2v) is 3.42. The van der Waals surface area contributed by atoms with Gasteiger partial charge in [-0.2, -0.15) is 0 Å².